The van der Waals surface area contributed by atoms with Crippen LogP contribution in [-0.4, -0.2) is 16.8 Å². The smallest absolute Gasteiger partial charge is 0.259 e. The lowest BCUT2D eigenvalue weighted by atomic mass is 10.2. The molecule has 0 spiro atoms. The molecule has 0 N–H and O–H groups in total. The number of carbonyl (C=O) groups is 1. The standard InChI is InChI=1S/C18H15N3O2/c1-14(22)21(19-13-15-7-3-2-4-8-15)20-12-11-18(23)16-9-5-6-10-17(16)20/h2-13H,1H3. The van der Waals surface area contributed by atoms with Gasteiger partial charge in [-0.05, 0) is 17.7 Å². The normalized spacial score (nSPS) is 11.0. The molecular formula is C18H15N3O2. The first-order valence-electron chi connectivity index (χ1n) is 7.17. The van der Waals surface area contributed by atoms with Crippen LogP contribution in [0.5, 0.6) is 0 Å². The Hall–Kier alpha value is -3.21. The van der Waals surface area contributed by atoms with Gasteiger partial charge in [-0.1, -0.05) is 42.5 Å². The summed E-state index contributed by atoms with van der Waals surface area (Å²) in [6.07, 6.45) is 3.16. The van der Waals surface area contributed by atoms with Gasteiger partial charge in [0.2, 0.25) is 0 Å². The van der Waals surface area contributed by atoms with E-state index in [0.717, 1.165) is 5.56 Å². The Bertz CT molecular complexity index is 930. The van der Waals surface area contributed by atoms with Gasteiger partial charge in [-0.2, -0.15) is 5.10 Å². The van der Waals surface area contributed by atoms with Gasteiger partial charge < -0.3 is 0 Å². The Balaban J connectivity index is 2.09. The van der Waals surface area contributed by atoms with E-state index in [1.54, 1.807) is 35.3 Å². The number of aromatic nitrogens is 1. The average Bonchev–Trinajstić information content (AvgIpc) is 2.58. The van der Waals surface area contributed by atoms with Gasteiger partial charge in [-0.25, -0.2) is 4.68 Å². The van der Waals surface area contributed by atoms with Crippen molar-refractivity contribution in [3.8, 4) is 0 Å². The van der Waals surface area contributed by atoms with Crippen LogP contribution >= 0.6 is 0 Å². The fraction of sp³-hybridized carbons (Fsp3) is 0.0556. The maximum Gasteiger partial charge on any atom is 0.259 e. The highest BCUT2D eigenvalue weighted by molar-refractivity contribution is 5.89. The van der Waals surface area contributed by atoms with Crippen molar-refractivity contribution in [2.24, 2.45) is 5.10 Å². The lowest BCUT2D eigenvalue weighted by Crippen LogP contribution is -2.34. The average molecular weight is 305 g/mol. The van der Waals surface area contributed by atoms with Gasteiger partial charge in [-0.15, -0.1) is 5.12 Å². The summed E-state index contributed by atoms with van der Waals surface area (Å²) >= 11 is 0. The van der Waals surface area contributed by atoms with Gasteiger partial charge in [0, 0.05) is 24.6 Å². The van der Waals surface area contributed by atoms with Gasteiger partial charge in [-0.3, -0.25) is 9.59 Å². The van der Waals surface area contributed by atoms with Crippen LogP contribution in [-0.2, 0) is 4.79 Å². The second kappa shape index (κ2) is 6.27. The number of pyridine rings is 1. The fourth-order valence-electron chi connectivity index (χ4n) is 2.30. The Morgan fingerprint density at radius 2 is 1.74 bits per heavy atom. The SMILES string of the molecule is CC(=O)N(N=Cc1ccccc1)n1ccc(=O)c2ccccc21. The van der Waals surface area contributed by atoms with Crippen LogP contribution in [0, 0.1) is 0 Å². The quantitative estimate of drug-likeness (QED) is 0.551. The van der Waals surface area contributed by atoms with Gasteiger partial charge in [0.05, 0.1) is 11.7 Å². The highest BCUT2D eigenvalue weighted by atomic mass is 16.2. The van der Waals surface area contributed by atoms with Crippen LogP contribution in [0.2, 0.25) is 0 Å². The van der Waals surface area contributed by atoms with Crippen molar-refractivity contribution in [2.45, 2.75) is 6.92 Å². The summed E-state index contributed by atoms with van der Waals surface area (Å²) in [6, 6.07) is 18.0. The van der Waals surface area contributed by atoms with Crippen LogP contribution in [0.25, 0.3) is 10.9 Å². The highest BCUT2D eigenvalue weighted by Gasteiger charge is 2.12. The molecule has 0 aliphatic carbocycles. The predicted molar refractivity (Wildman–Crippen MR) is 91.1 cm³/mol. The second-order valence-corrected chi connectivity index (χ2v) is 5.01. The molecule has 3 aromatic rings. The third kappa shape index (κ3) is 3.03. The van der Waals surface area contributed by atoms with Crippen molar-refractivity contribution in [3.05, 3.63) is 82.6 Å². The van der Waals surface area contributed by atoms with E-state index >= 15 is 0 Å². The van der Waals surface area contributed by atoms with Crippen molar-refractivity contribution in [2.75, 3.05) is 5.12 Å². The number of fused-ring (bicyclic) bond motifs is 1. The van der Waals surface area contributed by atoms with Gasteiger partial charge in [0.25, 0.3) is 5.91 Å². The van der Waals surface area contributed by atoms with E-state index in [2.05, 4.69) is 5.10 Å². The minimum Gasteiger partial charge on any atom is -0.289 e. The number of hydrazone groups is 1. The molecule has 0 fully saturated rings. The molecule has 0 aliphatic heterocycles. The number of hydrogen-bond acceptors (Lipinski definition) is 3. The van der Waals surface area contributed by atoms with Gasteiger partial charge in [0.15, 0.2) is 5.43 Å². The van der Waals surface area contributed by atoms with E-state index in [-0.39, 0.29) is 11.3 Å². The molecule has 3 rings (SSSR count). The minimum atomic E-state index is -0.258. The zero-order valence-corrected chi connectivity index (χ0v) is 12.6. The third-order valence-corrected chi connectivity index (χ3v) is 3.38. The maximum atomic E-state index is 12.0. The number of rotatable bonds is 3. The molecule has 0 saturated carbocycles. The lowest BCUT2D eigenvalue weighted by molar-refractivity contribution is -0.118. The number of benzene rings is 2. The highest BCUT2D eigenvalue weighted by Crippen LogP contribution is 2.10. The summed E-state index contributed by atoms with van der Waals surface area (Å²) in [5.74, 6) is -0.258. The van der Waals surface area contributed by atoms with Crippen molar-refractivity contribution >= 4 is 23.0 Å². The van der Waals surface area contributed by atoms with Gasteiger partial charge in [0.1, 0.15) is 0 Å². The van der Waals surface area contributed by atoms with Crippen LogP contribution in [0.1, 0.15) is 12.5 Å². The van der Waals surface area contributed by atoms with Crippen LogP contribution in [0.15, 0.2) is 76.8 Å². The first kappa shape index (κ1) is 14.7. The predicted octanol–water partition coefficient (Wildman–Crippen LogP) is 2.52. The molecule has 5 heteroatoms. The summed E-state index contributed by atoms with van der Waals surface area (Å²) in [6.45, 7) is 1.43. The molecule has 0 radical (unpaired) electrons. The Morgan fingerprint density at radius 1 is 1.04 bits per heavy atom. The molecule has 114 valence electrons. The van der Waals surface area contributed by atoms with Crippen LogP contribution < -0.4 is 10.5 Å². The van der Waals surface area contributed by atoms with E-state index in [9.17, 15) is 9.59 Å². The molecule has 0 atom stereocenters. The van der Waals surface area contributed by atoms with Crippen molar-refractivity contribution in [3.63, 3.8) is 0 Å². The zero-order chi connectivity index (χ0) is 16.2. The van der Waals surface area contributed by atoms with E-state index < -0.39 is 0 Å². The van der Waals surface area contributed by atoms with Crippen LogP contribution in [0.3, 0.4) is 0 Å². The zero-order valence-electron chi connectivity index (χ0n) is 12.6. The number of amides is 1. The van der Waals surface area contributed by atoms with Crippen molar-refractivity contribution in [1.29, 1.82) is 0 Å². The lowest BCUT2D eigenvalue weighted by Gasteiger charge is -2.20. The molecule has 0 aliphatic rings. The number of hydrogen-bond donors (Lipinski definition) is 0. The summed E-state index contributed by atoms with van der Waals surface area (Å²) < 4.78 is 1.57. The molecule has 0 unspecified atom stereocenters. The van der Waals surface area contributed by atoms with Crippen molar-refractivity contribution in [1.82, 2.24) is 4.68 Å². The van der Waals surface area contributed by atoms with Gasteiger partial charge >= 0.3 is 0 Å². The molecule has 1 amide bonds. The molecule has 0 bridgehead atoms. The van der Waals surface area contributed by atoms with Crippen LogP contribution in [0.4, 0.5) is 0 Å². The number of para-hydroxylation sites is 1. The number of carbonyl (C=O) groups excluding carboxylic acids is 1. The van der Waals surface area contributed by atoms with Crippen molar-refractivity contribution < 1.29 is 4.79 Å². The molecule has 2 aromatic carbocycles. The summed E-state index contributed by atoms with van der Waals surface area (Å²) in [5.41, 5.74) is 1.41. The monoisotopic (exact) mass is 305 g/mol. The Labute approximate surface area is 133 Å². The molecule has 1 aromatic heterocycles. The third-order valence-electron chi connectivity index (χ3n) is 3.38. The maximum absolute atomic E-state index is 12.0. The largest absolute Gasteiger partial charge is 0.289 e. The number of nitrogens with zero attached hydrogens (tertiary/aromatic N) is 3. The first-order chi connectivity index (χ1) is 11.2. The molecule has 5 nitrogen and oxygen atoms in total. The first-order valence-corrected chi connectivity index (χ1v) is 7.17. The van der Waals surface area contributed by atoms with E-state index in [1.165, 1.54) is 18.1 Å². The Kier molecular flexibility index (Phi) is 4.01. The molecular weight excluding hydrogens is 290 g/mol. The Morgan fingerprint density at radius 3 is 2.48 bits per heavy atom. The topological polar surface area (TPSA) is 54.7 Å². The fourth-order valence-corrected chi connectivity index (χ4v) is 2.30. The summed E-state index contributed by atoms with van der Waals surface area (Å²) in [7, 11) is 0. The summed E-state index contributed by atoms with van der Waals surface area (Å²) in [5, 5.41) is 6.03. The summed E-state index contributed by atoms with van der Waals surface area (Å²) in [4.78, 5) is 24.0. The molecule has 0 saturated heterocycles. The van der Waals surface area contributed by atoms with E-state index in [1.807, 2.05) is 36.4 Å². The molecule has 23 heavy (non-hydrogen) atoms. The molecule has 1 heterocycles. The van der Waals surface area contributed by atoms with E-state index in [4.69, 9.17) is 0 Å². The minimum absolute atomic E-state index is 0.0904. The second-order valence-electron chi connectivity index (χ2n) is 5.01. The van der Waals surface area contributed by atoms with E-state index in [0.29, 0.717) is 10.9 Å².